The summed E-state index contributed by atoms with van der Waals surface area (Å²) in [4.78, 5) is 12.0. The highest BCUT2D eigenvalue weighted by atomic mass is 35.5. The third kappa shape index (κ3) is 8.17. The fourth-order valence-corrected chi connectivity index (χ4v) is 4.32. The molecule has 144 valence electrons. The molecule has 8 heteroatoms. The number of nitrogens with one attached hydrogen (secondary N) is 2. The quantitative estimate of drug-likeness (QED) is 0.568. The number of hydrogen-bond acceptors (Lipinski definition) is 4. The zero-order valence-electron chi connectivity index (χ0n) is 14.7. The SMILES string of the molecule is C=CCNS(=O)(=O)Cc1ccc(NC(=O)CSCc2cccc(Cl)c2)cc1. The van der Waals surface area contributed by atoms with Crippen LogP contribution in [-0.4, -0.2) is 26.6 Å². The second-order valence-electron chi connectivity index (χ2n) is 5.76. The molecule has 0 bridgehead atoms. The van der Waals surface area contributed by atoms with Gasteiger partial charge < -0.3 is 5.32 Å². The predicted molar refractivity (Wildman–Crippen MR) is 114 cm³/mol. The number of benzene rings is 2. The van der Waals surface area contributed by atoms with E-state index >= 15 is 0 Å². The van der Waals surface area contributed by atoms with Crippen molar-refractivity contribution in [3.8, 4) is 0 Å². The van der Waals surface area contributed by atoms with Crippen LogP contribution in [0, 0.1) is 0 Å². The third-order valence-electron chi connectivity index (χ3n) is 3.43. The molecule has 0 unspecified atom stereocenters. The Balaban J connectivity index is 1.79. The molecule has 2 N–H and O–H groups in total. The molecular formula is C19H21ClN2O3S2. The van der Waals surface area contributed by atoms with E-state index in [0.717, 1.165) is 5.56 Å². The number of sulfonamides is 1. The summed E-state index contributed by atoms with van der Waals surface area (Å²) in [6.45, 7) is 3.68. The summed E-state index contributed by atoms with van der Waals surface area (Å²) in [6.07, 6.45) is 1.49. The largest absolute Gasteiger partial charge is 0.325 e. The maximum absolute atomic E-state index is 12.0. The average Bonchev–Trinajstić information content (AvgIpc) is 2.61. The normalized spacial score (nSPS) is 11.1. The van der Waals surface area contributed by atoms with Crippen molar-refractivity contribution in [3.63, 3.8) is 0 Å². The highest BCUT2D eigenvalue weighted by Gasteiger charge is 2.10. The van der Waals surface area contributed by atoms with Crippen molar-refractivity contribution in [3.05, 3.63) is 77.3 Å². The summed E-state index contributed by atoms with van der Waals surface area (Å²) >= 11 is 7.43. The van der Waals surface area contributed by atoms with Crippen LogP contribution < -0.4 is 10.0 Å². The third-order valence-corrected chi connectivity index (χ3v) is 5.99. The fraction of sp³-hybridized carbons (Fsp3) is 0.211. The summed E-state index contributed by atoms with van der Waals surface area (Å²) in [5, 5.41) is 3.48. The van der Waals surface area contributed by atoms with E-state index in [2.05, 4.69) is 16.6 Å². The molecule has 0 aliphatic heterocycles. The number of amides is 1. The smallest absolute Gasteiger partial charge is 0.234 e. The minimum absolute atomic E-state index is 0.116. The Hall–Kier alpha value is -1.80. The average molecular weight is 425 g/mol. The summed E-state index contributed by atoms with van der Waals surface area (Å²) < 4.78 is 26.1. The van der Waals surface area contributed by atoms with Crippen LogP contribution in [0.25, 0.3) is 0 Å². The van der Waals surface area contributed by atoms with Crippen LogP contribution in [0.3, 0.4) is 0 Å². The van der Waals surface area contributed by atoms with E-state index in [1.165, 1.54) is 17.8 Å². The van der Waals surface area contributed by atoms with Crippen LogP contribution in [0.1, 0.15) is 11.1 Å². The van der Waals surface area contributed by atoms with E-state index in [9.17, 15) is 13.2 Å². The number of carbonyl (C=O) groups is 1. The topological polar surface area (TPSA) is 75.3 Å². The van der Waals surface area contributed by atoms with E-state index < -0.39 is 10.0 Å². The fourth-order valence-electron chi connectivity index (χ4n) is 2.23. The first kappa shape index (κ1) is 21.5. The van der Waals surface area contributed by atoms with Gasteiger partial charge in [0.15, 0.2) is 0 Å². The molecule has 0 aliphatic rings. The minimum Gasteiger partial charge on any atom is -0.325 e. The number of hydrogen-bond donors (Lipinski definition) is 2. The van der Waals surface area contributed by atoms with Gasteiger partial charge in [-0.1, -0.05) is 41.9 Å². The van der Waals surface area contributed by atoms with Crippen molar-refractivity contribution in [2.45, 2.75) is 11.5 Å². The van der Waals surface area contributed by atoms with Crippen molar-refractivity contribution in [2.75, 3.05) is 17.6 Å². The van der Waals surface area contributed by atoms with Crippen molar-refractivity contribution < 1.29 is 13.2 Å². The Kier molecular flexibility index (Phi) is 8.37. The number of rotatable bonds is 10. The van der Waals surface area contributed by atoms with Crippen molar-refractivity contribution >= 4 is 45.0 Å². The maximum atomic E-state index is 12.0. The van der Waals surface area contributed by atoms with Gasteiger partial charge >= 0.3 is 0 Å². The summed E-state index contributed by atoms with van der Waals surface area (Å²) in [5.41, 5.74) is 2.33. The lowest BCUT2D eigenvalue weighted by Gasteiger charge is -2.08. The molecule has 1 amide bonds. The molecule has 27 heavy (non-hydrogen) atoms. The lowest BCUT2D eigenvalue weighted by molar-refractivity contribution is -0.113. The minimum atomic E-state index is -3.40. The molecule has 2 rings (SSSR count). The Labute approximate surface area is 169 Å². The van der Waals surface area contributed by atoms with Gasteiger partial charge in [-0.15, -0.1) is 18.3 Å². The van der Waals surface area contributed by atoms with Crippen LogP contribution >= 0.6 is 23.4 Å². The first-order valence-corrected chi connectivity index (χ1v) is 11.4. The van der Waals surface area contributed by atoms with Crippen molar-refractivity contribution in [1.29, 1.82) is 0 Å². The maximum Gasteiger partial charge on any atom is 0.234 e. The van der Waals surface area contributed by atoms with Gasteiger partial charge in [0, 0.05) is 23.0 Å². The highest BCUT2D eigenvalue weighted by Crippen LogP contribution is 2.17. The first-order chi connectivity index (χ1) is 12.9. The molecule has 5 nitrogen and oxygen atoms in total. The van der Waals surface area contributed by atoms with Crippen LogP contribution in [0.4, 0.5) is 5.69 Å². The number of thioether (sulfide) groups is 1. The van der Waals surface area contributed by atoms with Gasteiger partial charge in [0.25, 0.3) is 0 Å². The molecule has 0 spiro atoms. The number of halogens is 1. The van der Waals surface area contributed by atoms with Crippen LogP contribution in [-0.2, 0) is 26.3 Å². The predicted octanol–water partition coefficient (Wildman–Crippen LogP) is 3.82. The molecule has 0 heterocycles. The monoisotopic (exact) mass is 424 g/mol. The van der Waals surface area contributed by atoms with Crippen LogP contribution in [0.2, 0.25) is 5.02 Å². The second-order valence-corrected chi connectivity index (χ2v) is 8.99. The highest BCUT2D eigenvalue weighted by molar-refractivity contribution is 7.99. The second kappa shape index (κ2) is 10.5. The van der Waals surface area contributed by atoms with Crippen LogP contribution in [0.5, 0.6) is 0 Å². The molecule has 0 radical (unpaired) electrons. The number of anilines is 1. The van der Waals surface area contributed by atoms with Gasteiger partial charge in [-0.2, -0.15) is 0 Å². The molecule has 0 saturated carbocycles. The van der Waals surface area contributed by atoms with E-state index in [0.29, 0.717) is 27.8 Å². The summed E-state index contributed by atoms with van der Waals surface area (Å²) in [6, 6.07) is 14.3. The van der Waals surface area contributed by atoms with Gasteiger partial charge in [0.05, 0.1) is 11.5 Å². The Morgan fingerprint density at radius 3 is 2.56 bits per heavy atom. The van der Waals surface area contributed by atoms with E-state index in [-0.39, 0.29) is 18.2 Å². The number of carbonyl (C=O) groups excluding carboxylic acids is 1. The molecule has 0 aromatic heterocycles. The van der Waals surface area contributed by atoms with E-state index in [4.69, 9.17) is 11.6 Å². The lowest BCUT2D eigenvalue weighted by atomic mass is 10.2. The van der Waals surface area contributed by atoms with Crippen molar-refractivity contribution in [2.24, 2.45) is 0 Å². The Bertz CT molecular complexity index is 884. The van der Waals surface area contributed by atoms with Gasteiger partial charge in [0.2, 0.25) is 15.9 Å². The lowest BCUT2D eigenvalue weighted by Crippen LogP contribution is -2.25. The van der Waals surface area contributed by atoms with Crippen molar-refractivity contribution in [1.82, 2.24) is 4.72 Å². The molecule has 2 aromatic carbocycles. The Morgan fingerprint density at radius 1 is 1.15 bits per heavy atom. The van der Waals surface area contributed by atoms with Gasteiger partial charge in [0.1, 0.15) is 0 Å². The van der Waals surface area contributed by atoms with Gasteiger partial charge in [-0.25, -0.2) is 13.1 Å². The molecule has 0 saturated heterocycles. The zero-order valence-corrected chi connectivity index (χ0v) is 17.0. The summed E-state index contributed by atoms with van der Waals surface area (Å²) in [5.74, 6) is 0.774. The zero-order chi connectivity index (χ0) is 19.7. The molecular weight excluding hydrogens is 404 g/mol. The molecule has 0 fully saturated rings. The van der Waals surface area contributed by atoms with E-state index in [1.807, 2.05) is 24.3 Å². The van der Waals surface area contributed by atoms with Gasteiger partial charge in [-0.3, -0.25) is 4.79 Å². The van der Waals surface area contributed by atoms with Crippen LogP contribution in [0.15, 0.2) is 61.2 Å². The first-order valence-electron chi connectivity index (χ1n) is 8.17. The molecule has 0 atom stereocenters. The molecule has 2 aromatic rings. The summed E-state index contributed by atoms with van der Waals surface area (Å²) in [7, 11) is -3.40. The van der Waals surface area contributed by atoms with E-state index in [1.54, 1.807) is 24.3 Å². The van der Waals surface area contributed by atoms with Gasteiger partial charge in [-0.05, 0) is 35.4 Å². The Morgan fingerprint density at radius 2 is 1.89 bits per heavy atom. The molecule has 0 aliphatic carbocycles. The standard InChI is InChI=1S/C19H21ClN2O3S2/c1-2-10-21-27(24,25)14-15-6-8-18(9-7-15)22-19(23)13-26-12-16-4-3-5-17(20)11-16/h2-9,11,21H,1,10,12-14H2,(H,22,23).